The number of fused-ring (bicyclic) bond motifs is 1. The third-order valence-corrected chi connectivity index (χ3v) is 6.02. The van der Waals surface area contributed by atoms with Crippen molar-refractivity contribution in [3.8, 4) is 0 Å². The average Bonchev–Trinajstić information content (AvgIpc) is 2.73. The fraction of sp³-hybridized carbons (Fsp3) is 0.208. The highest BCUT2D eigenvalue weighted by molar-refractivity contribution is 6.35. The van der Waals surface area contributed by atoms with E-state index < -0.39 is 0 Å². The van der Waals surface area contributed by atoms with E-state index in [9.17, 15) is 4.79 Å². The monoisotopic (exact) mass is 425 g/mol. The summed E-state index contributed by atoms with van der Waals surface area (Å²) in [4.78, 5) is 14.0. The van der Waals surface area contributed by atoms with Crippen molar-refractivity contribution in [1.82, 2.24) is 5.32 Å². The minimum absolute atomic E-state index is 0.109. The minimum Gasteiger partial charge on any atom is -0.348 e. The Balaban J connectivity index is 1.33. The van der Waals surface area contributed by atoms with Crippen molar-refractivity contribution in [2.24, 2.45) is 0 Å². The van der Waals surface area contributed by atoms with Crippen LogP contribution in [-0.2, 0) is 26.1 Å². The van der Waals surface area contributed by atoms with Gasteiger partial charge < -0.3 is 10.2 Å². The van der Waals surface area contributed by atoms with Gasteiger partial charge in [0.1, 0.15) is 13.1 Å². The third kappa shape index (κ3) is 4.99. The molecule has 0 saturated carbocycles. The number of nitrogens with one attached hydrogen (secondary N) is 2. The number of carbonyl (C=O) groups excluding carboxylic acids is 1. The van der Waals surface area contributed by atoms with Gasteiger partial charge >= 0.3 is 0 Å². The predicted molar refractivity (Wildman–Crippen MR) is 117 cm³/mol. The molecule has 1 unspecified atom stereocenters. The van der Waals surface area contributed by atoms with E-state index in [0.29, 0.717) is 22.2 Å². The van der Waals surface area contributed by atoms with Crippen LogP contribution in [0.1, 0.15) is 32.6 Å². The van der Waals surface area contributed by atoms with Crippen LogP contribution in [0.15, 0.2) is 66.7 Å². The number of hydrogen-bond donors (Lipinski definition) is 2. The number of hydrogen-bond acceptors (Lipinski definition) is 1. The zero-order chi connectivity index (χ0) is 20.2. The highest BCUT2D eigenvalue weighted by Crippen LogP contribution is 2.20. The van der Waals surface area contributed by atoms with Gasteiger partial charge in [-0.3, -0.25) is 4.79 Å². The Hall–Kier alpha value is -2.33. The molecule has 0 spiro atoms. The molecule has 1 heterocycles. The lowest BCUT2D eigenvalue weighted by molar-refractivity contribution is -0.929. The van der Waals surface area contributed by atoms with Crippen LogP contribution in [0.3, 0.4) is 0 Å². The Kier molecular flexibility index (Phi) is 6.19. The number of benzene rings is 3. The average molecular weight is 426 g/mol. The molecule has 3 aromatic carbocycles. The first-order valence-corrected chi connectivity index (χ1v) is 10.6. The molecule has 29 heavy (non-hydrogen) atoms. The Morgan fingerprint density at radius 1 is 0.966 bits per heavy atom. The molecule has 0 bridgehead atoms. The van der Waals surface area contributed by atoms with Gasteiger partial charge in [-0.05, 0) is 35.4 Å². The van der Waals surface area contributed by atoms with Gasteiger partial charge in [0.05, 0.1) is 6.54 Å². The summed E-state index contributed by atoms with van der Waals surface area (Å²) in [5.74, 6) is -0.109. The number of carbonyl (C=O) groups is 1. The van der Waals surface area contributed by atoms with Crippen LogP contribution < -0.4 is 10.2 Å². The summed E-state index contributed by atoms with van der Waals surface area (Å²) in [6.07, 6.45) is 1.12. The topological polar surface area (TPSA) is 33.5 Å². The highest BCUT2D eigenvalue weighted by atomic mass is 35.5. The van der Waals surface area contributed by atoms with Gasteiger partial charge in [0, 0.05) is 39.7 Å². The highest BCUT2D eigenvalue weighted by Gasteiger charge is 2.19. The van der Waals surface area contributed by atoms with Crippen LogP contribution in [0.25, 0.3) is 0 Å². The lowest BCUT2D eigenvalue weighted by Gasteiger charge is -2.26. The minimum atomic E-state index is -0.109. The van der Waals surface area contributed by atoms with Crippen LogP contribution in [0.2, 0.25) is 10.0 Å². The molecule has 0 aliphatic carbocycles. The molecular weight excluding hydrogens is 403 g/mol. The smallest absolute Gasteiger partial charge is 0.251 e. The van der Waals surface area contributed by atoms with Crippen molar-refractivity contribution in [3.63, 3.8) is 0 Å². The maximum absolute atomic E-state index is 12.4. The van der Waals surface area contributed by atoms with Crippen LogP contribution in [-0.4, -0.2) is 12.5 Å². The molecule has 0 aromatic heterocycles. The molecule has 1 aliphatic heterocycles. The van der Waals surface area contributed by atoms with Crippen LogP contribution in [0.4, 0.5) is 0 Å². The van der Waals surface area contributed by atoms with Gasteiger partial charge in [0.15, 0.2) is 0 Å². The number of halogens is 2. The van der Waals surface area contributed by atoms with E-state index in [-0.39, 0.29) is 5.91 Å². The van der Waals surface area contributed by atoms with Crippen molar-refractivity contribution in [2.75, 3.05) is 6.54 Å². The second-order valence-corrected chi connectivity index (χ2v) is 8.33. The summed E-state index contributed by atoms with van der Waals surface area (Å²) in [6, 6.07) is 21.9. The molecule has 5 heteroatoms. The van der Waals surface area contributed by atoms with Crippen molar-refractivity contribution < 1.29 is 9.69 Å². The summed E-state index contributed by atoms with van der Waals surface area (Å²) < 4.78 is 0. The van der Waals surface area contributed by atoms with Crippen molar-refractivity contribution >= 4 is 29.1 Å². The first-order chi connectivity index (χ1) is 14.1. The normalized spacial score (nSPS) is 15.6. The van der Waals surface area contributed by atoms with E-state index in [2.05, 4.69) is 41.7 Å². The summed E-state index contributed by atoms with van der Waals surface area (Å²) in [7, 11) is 0. The van der Waals surface area contributed by atoms with Crippen LogP contribution in [0, 0.1) is 0 Å². The predicted octanol–water partition coefficient (Wildman–Crippen LogP) is 4.06. The molecular formula is C24H23Cl2N2O+. The number of rotatable bonds is 5. The molecule has 0 saturated heterocycles. The van der Waals surface area contributed by atoms with Gasteiger partial charge in [0.2, 0.25) is 0 Å². The molecule has 0 fully saturated rings. The van der Waals surface area contributed by atoms with Gasteiger partial charge in [-0.2, -0.15) is 0 Å². The van der Waals surface area contributed by atoms with Gasteiger partial charge in [-0.1, -0.05) is 65.7 Å². The van der Waals surface area contributed by atoms with E-state index >= 15 is 0 Å². The summed E-state index contributed by atoms with van der Waals surface area (Å²) in [6.45, 7) is 3.53. The van der Waals surface area contributed by atoms with E-state index in [4.69, 9.17) is 23.2 Å². The quantitative estimate of drug-likeness (QED) is 0.634. The summed E-state index contributed by atoms with van der Waals surface area (Å²) in [5.41, 5.74) is 5.67. The molecule has 1 aliphatic rings. The lowest BCUT2D eigenvalue weighted by atomic mass is 9.99. The Labute approximate surface area is 181 Å². The molecule has 3 nitrogen and oxygen atoms in total. The molecule has 1 atom stereocenters. The number of amides is 1. The van der Waals surface area contributed by atoms with Crippen molar-refractivity contribution in [3.05, 3.63) is 105 Å². The first kappa shape index (κ1) is 20.0. The van der Waals surface area contributed by atoms with E-state index in [1.54, 1.807) is 17.0 Å². The molecule has 3 aromatic rings. The zero-order valence-corrected chi connectivity index (χ0v) is 17.6. The standard InChI is InChI=1S/C24H22Cl2N2O/c25-22-10-9-20(23(26)13-22)14-27-24(29)19-7-5-17(6-8-19)15-28-12-11-18-3-1-2-4-21(18)16-28/h1-10,13H,11-12,14-16H2,(H,27,29)/p+1. The molecule has 1 amide bonds. The Bertz CT molecular complexity index is 1020. The summed E-state index contributed by atoms with van der Waals surface area (Å²) >= 11 is 12.1. The number of quaternary nitrogens is 1. The second kappa shape index (κ2) is 9.00. The fourth-order valence-corrected chi connectivity index (χ4v) is 4.27. The van der Waals surface area contributed by atoms with E-state index in [1.807, 2.05) is 18.2 Å². The van der Waals surface area contributed by atoms with Crippen LogP contribution in [0.5, 0.6) is 0 Å². The van der Waals surface area contributed by atoms with E-state index in [1.165, 1.54) is 16.7 Å². The van der Waals surface area contributed by atoms with Crippen LogP contribution >= 0.6 is 23.2 Å². The van der Waals surface area contributed by atoms with Gasteiger partial charge in [0.25, 0.3) is 5.91 Å². The summed E-state index contributed by atoms with van der Waals surface area (Å²) in [5, 5.41) is 4.05. The largest absolute Gasteiger partial charge is 0.348 e. The third-order valence-electron chi connectivity index (χ3n) is 5.43. The van der Waals surface area contributed by atoms with Gasteiger partial charge in [-0.15, -0.1) is 0 Å². The van der Waals surface area contributed by atoms with Gasteiger partial charge in [-0.25, -0.2) is 0 Å². The maximum atomic E-state index is 12.4. The van der Waals surface area contributed by atoms with Crippen molar-refractivity contribution in [1.29, 1.82) is 0 Å². The fourth-order valence-electron chi connectivity index (χ4n) is 3.80. The zero-order valence-electron chi connectivity index (χ0n) is 16.1. The molecule has 2 N–H and O–H groups in total. The molecule has 4 rings (SSSR count). The second-order valence-electron chi connectivity index (χ2n) is 7.49. The molecule has 148 valence electrons. The Morgan fingerprint density at radius 2 is 1.72 bits per heavy atom. The lowest BCUT2D eigenvalue weighted by Crippen LogP contribution is -3.10. The first-order valence-electron chi connectivity index (χ1n) is 9.80. The maximum Gasteiger partial charge on any atom is 0.251 e. The molecule has 0 radical (unpaired) electrons. The Morgan fingerprint density at radius 3 is 2.48 bits per heavy atom. The van der Waals surface area contributed by atoms with Crippen molar-refractivity contribution in [2.45, 2.75) is 26.1 Å². The SMILES string of the molecule is O=C(NCc1ccc(Cl)cc1Cl)c1ccc(C[NH+]2CCc3ccccc3C2)cc1. The van der Waals surface area contributed by atoms with E-state index in [0.717, 1.165) is 31.6 Å².